The predicted molar refractivity (Wildman–Crippen MR) is 70.0 cm³/mol. The lowest BCUT2D eigenvalue weighted by atomic mass is 10.2. The maximum Gasteiger partial charge on any atom is 0.352 e. The summed E-state index contributed by atoms with van der Waals surface area (Å²) in [4.78, 5) is 22.2. The summed E-state index contributed by atoms with van der Waals surface area (Å²) in [6.45, 7) is 0. The second kappa shape index (κ2) is 5.14. The van der Waals surface area contributed by atoms with Crippen LogP contribution in [0.2, 0.25) is 0 Å². The molecule has 2 N–H and O–H groups in total. The molecule has 0 saturated carbocycles. The number of amides is 1. The minimum atomic E-state index is -4.43. The topological polar surface area (TPSA) is 134 Å². The summed E-state index contributed by atoms with van der Waals surface area (Å²) < 4.78 is 36.0. The van der Waals surface area contributed by atoms with E-state index >= 15 is 0 Å². The van der Waals surface area contributed by atoms with Crippen LogP contribution in [0.5, 0.6) is 5.75 Å². The van der Waals surface area contributed by atoms with Gasteiger partial charge in [0.05, 0.1) is 18.4 Å². The van der Waals surface area contributed by atoms with Crippen LogP contribution < -0.4 is 9.75 Å². The summed E-state index contributed by atoms with van der Waals surface area (Å²) in [6.07, 6.45) is -0.376. The van der Waals surface area contributed by atoms with Gasteiger partial charge in [0.2, 0.25) is 0 Å². The molecule has 1 aliphatic heterocycles. The van der Waals surface area contributed by atoms with Gasteiger partial charge in [0.25, 0.3) is 16.0 Å². The number of carboxylic acid groups (broad SMARTS) is 1. The van der Waals surface area contributed by atoms with Gasteiger partial charge in [-0.3, -0.25) is 9.35 Å². The first-order valence-corrected chi connectivity index (χ1v) is 6.97. The van der Waals surface area contributed by atoms with Gasteiger partial charge >= 0.3 is 5.97 Å². The van der Waals surface area contributed by atoms with Crippen molar-refractivity contribution in [2.75, 3.05) is 12.1 Å². The number of ether oxygens (including phenoxy) is 1. The average molecular weight is 314 g/mol. The maximum atomic E-state index is 11.8. The summed E-state index contributed by atoms with van der Waals surface area (Å²) in [5.41, 5.74) is -0.257. The first kappa shape index (κ1) is 14.9. The second-order valence-corrected chi connectivity index (χ2v) is 5.46. The summed E-state index contributed by atoms with van der Waals surface area (Å²) in [5, 5.41) is 13.3. The maximum absolute atomic E-state index is 11.8. The largest absolute Gasteiger partial charge is 0.494 e. The molecular formula is C11H10N2O7S. The van der Waals surface area contributed by atoms with E-state index in [4.69, 9.17) is 14.4 Å². The number of rotatable bonds is 4. The predicted octanol–water partition coefficient (Wildman–Crippen LogP) is 0.119. The first-order valence-electron chi connectivity index (χ1n) is 5.53. The highest BCUT2D eigenvalue weighted by atomic mass is 32.2. The van der Waals surface area contributed by atoms with Gasteiger partial charge in [-0.25, -0.2) is 4.79 Å². The van der Waals surface area contributed by atoms with Crippen molar-refractivity contribution in [2.45, 2.75) is 11.3 Å². The Kier molecular flexibility index (Phi) is 3.66. The molecular weight excluding hydrogens is 304 g/mol. The van der Waals surface area contributed by atoms with Gasteiger partial charge in [0, 0.05) is 6.07 Å². The summed E-state index contributed by atoms with van der Waals surface area (Å²) in [5.74, 6) is -1.96. The molecule has 1 heterocycles. The van der Waals surface area contributed by atoms with Gasteiger partial charge in [-0.05, 0) is 12.1 Å². The van der Waals surface area contributed by atoms with E-state index in [2.05, 4.69) is 5.10 Å². The van der Waals surface area contributed by atoms with Gasteiger partial charge in [0.1, 0.15) is 11.4 Å². The Morgan fingerprint density at radius 3 is 2.57 bits per heavy atom. The lowest BCUT2D eigenvalue weighted by Crippen LogP contribution is -2.20. The highest BCUT2D eigenvalue weighted by molar-refractivity contribution is 7.85. The van der Waals surface area contributed by atoms with E-state index in [0.717, 1.165) is 17.1 Å². The van der Waals surface area contributed by atoms with E-state index in [-0.39, 0.29) is 23.6 Å². The number of hydrogen-bond donors (Lipinski definition) is 2. The molecule has 112 valence electrons. The zero-order valence-electron chi connectivity index (χ0n) is 10.7. The fourth-order valence-electron chi connectivity index (χ4n) is 1.73. The molecule has 1 amide bonds. The molecule has 9 nitrogen and oxygen atoms in total. The number of hydrogen-bond acceptors (Lipinski definition) is 6. The van der Waals surface area contributed by atoms with E-state index < -0.39 is 26.9 Å². The van der Waals surface area contributed by atoms with Crippen molar-refractivity contribution in [3.8, 4) is 5.75 Å². The van der Waals surface area contributed by atoms with E-state index in [1.807, 2.05) is 0 Å². The highest BCUT2D eigenvalue weighted by Crippen LogP contribution is 2.33. The Morgan fingerprint density at radius 1 is 1.43 bits per heavy atom. The summed E-state index contributed by atoms with van der Waals surface area (Å²) in [6, 6.07) is 3.25. The Balaban J connectivity index is 2.50. The Labute approximate surface area is 119 Å². The van der Waals surface area contributed by atoms with Crippen LogP contribution in [0.3, 0.4) is 0 Å². The molecule has 0 saturated heterocycles. The first-order chi connectivity index (χ1) is 9.74. The molecule has 0 bridgehead atoms. The molecule has 0 aliphatic carbocycles. The zero-order chi connectivity index (χ0) is 15.8. The third kappa shape index (κ3) is 2.85. The average Bonchev–Trinajstić information content (AvgIpc) is 2.79. The molecule has 0 aromatic heterocycles. The van der Waals surface area contributed by atoms with Gasteiger partial charge in [-0.15, -0.1) is 0 Å². The normalized spacial score (nSPS) is 15.0. The SMILES string of the molecule is COc1cc(S(=O)(=O)O)ccc1N1N=C(C(=O)O)CC1=O. The number of anilines is 1. The Bertz CT molecular complexity index is 754. The number of hydrazone groups is 1. The minimum absolute atomic E-state index is 0.0473. The van der Waals surface area contributed by atoms with Crippen LogP contribution in [-0.4, -0.2) is 42.8 Å². The smallest absolute Gasteiger partial charge is 0.352 e. The van der Waals surface area contributed by atoms with Gasteiger partial charge in [-0.2, -0.15) is 18.5 Å². The van der Waals surface area contributed by atoms with Crippen molar-refractivity contribution >= 4 is 33.4 Å². The van der Waals surface area contributed by atoms with Crippen LogP contribution in [0.4, 0.5) is 5.69 Å². The van der Waals surface area contributed by atoms with Crippen molar-refractivity contribution in [3.05, 3.63) is 18.2 Å². The number of aliphatic carboxylic acids is 1. The quantitative estimate of drug-likeness (QED) is 0.754. The van der Waals surface area contributed by atoms with Crippen molar-refractivity contribution < 1.29 is 32.4 Å². The number of nitrogens with zero attached hydrogens (tertiary/aromatic N) is 2. The highest BCUT2D eigenvalue weighted by Gasteiger charge is 2.31. The van der Waals surface area contributed by atoms with Gasteiger partial charge in [-0.1, -0.05) is 0 Å². The van der Waals surface area contributed by atoms with E-state index in [0.29, 0.717) is 0 Å². The summed E-state index contributed by atoms with van der Waals surface area (Å²) >= 11 is 0. The Hall–Kier alpha value is -2.46. The molecule has 0 unspecified atom stereocenters. The van der Waals surface area contributed by atoms with Crippen molar-refractivity contribution in [1.29, 1.82) is 0 Å². The van der Waals surface area contributed by atoms with E-state index in [9.17, 15) is 18.0 Å². The lowest BCUT2D eigenvalue weighted by molar-refractivity contribution is -0.129. The monoisotopic (exact) mass is 314 g/mol. The number of methoxy groups -OCH3 is 1. The lowest BCUT2D eigenvalue weighted by Gasteiger charge is -2.15. The minimum Gasteiger partial charge on any atom is -0.494 e. The molecule has 10 heteroatoms. The molecule has 0 atom stereocenters. The van der Waals surface area contributed by atoms with Crippen molar-refractivity contribution in [2.24, 2.45) is 5.10 Å². The summed E-state index contributed by atoms with van der Waals surface area (Å²) in [7, 11) is -3.20. The third-order valence-electron chi connectivity index (χ3n) is 2.70. The number of benzene rings is 1. The standard InChI is InChI=1S/C11H10N2O7S/c1-20-9-4-6(21(17,18)19)2-3-8(9)13-10(14)5-7(12-13)11(15)16/h2-4H,5H2,1H3,(H,15,16)(H,17,18,19). The number of carboxylic acids is 1. The van der Waals surface area contributed by atoms with Crippen molar-refractivity contribution in [1.82, 2.24) is 0 Å². The van der Waals surface area contributed by atoms with Gasteiger partial charge in [0.15, 0.2) is 5.71 Å². The van der Waals surface area contributed by atoms with Crippen LogP contribution in [0.25, 0.3) is 0 Å². The number of carbonyl (C=O) groups excluding carboxylic acids is 1. The zero-order valence-corrected chi connectivity index (χ0v) is 11.5. The van der Waals surface area contributed by atoms with Crippen LogP contribution in [0.1, 0.15) is 6.42 Å². The van der Waals surface area contributed by atoms with Crippen LogP contribution >= 0.6 is 0 Å². The molecule has 0 fully saturated rings. The van der Waals surface area contributed by atoms with Crippen LogP contribution in [0, 0.1) is 0 Å². The Morgan fingerprint density at radius 2 is 2.10 bits per heavy atom. The molecule has 1 aromatic carbocycles. The molecule has 2 rings (SSSR count). The fraction of sp³-hybridized carbons (Fsp3) is 0.182. The molecule has 21 heavy (non-hydrogen) atoms. The molecule has 1 aromatic rings. The molecule has 0 radical (unpaired) electrons. The van der Waals surface area contributed by atoms with Crippen molar-refractivity contribution in [3.63, 3.8) is 0 Å². The molecule has 1 aliphatic rings. The molecule has 0 spiro atoms. The van der Waals surface area contributed by atoms with Crippen LogP contribution in [-0.2, 0) is 19.7 Å². The third-order valence-corrected chi connectivity index (χ3v) is 3.55. The van der Waals surface area contributed by atoms with Gasteiger partial charge < -0.3 is 9.84 Å². The second-order valence-electron chi connectivity index (χ2n) is 4.04. The fourth-order valence-corrected chi connectivity index (χ4v) is 2.23. The van der Waals surface area contributed by atoms with Crippen LogP contribution in [0.15, 0.2) is 28.2 Å². The van der Waals surface area contributed by atoms with E-state index in [1.165, 1.54) is 13.2 Å². The number of carbonyl (C=O) groups is 2. The van der Waals surface area contributed by atoms with E-state index in [1.54, 1.807) is 0 Å².